The summed E-state index contributed by atoms with van der Waals surface area (Å²) in [4.78, 5) is 17.1. The van der Waals surface area contributed by atoms with E-state index >= 15 is 0 Å². The molecule has 0 amide bonds. The van der Waals surface area contributed by atoms with Crippen LogP contribution in [0.2, 0.25) is 5.02 Å². The van der Waals surface area contributed by atoms with Crippen molar-refractivity contribution in [2.75, 3.05) is 6.61 Å². The number of nitrogens with zero attached hydrogens (tertiary/aromatic N) is 2. The molecule has 0 radical (unpaired) electrons. The fraction of sp³-hybridized carbons (Fsp3) is 0.158. The number of para-hydroxylation sites is 1. The summed E-state index contributed by atoms with van der Waals surface area (Å²) in [5, 5.41) is 0.539. The summed E-state index contributed by atoms with van der Waals surface area (Å²) in [7, 11) is 0. The highest BCUT2D eigenvalue weighted by atomic mass is 35.5. The lowest BCUT2D eigenvalue weighted by Crippen LogP contribution is -2.13. The Morgan fingerprint density at radius 1 is 1.12 bits per heavy atom. The van der Waals surface area contributed by atoms with Gasteiger partial charge in [-0.15, -0.1) is 0 Å². The summed E-state index contributed by atoms with van der Waals surface area (Å²) >= 11 is 6.38. The fourth-order valence-electron chi connectivity index (χ4n) is 2.62. The maximum atomic E-state index is 12.5. The first-order chi connectivity index (χ1) is 11.6. The highest BCUT2D eigenvalue weighted by molar-refractivity contribution is 6.32. The van der Waals surface area contributed by atoms with Gasteiger partial charge in [-0.25, -0.2) is 9.78 Å². The maximum absolute atomic E-state index is 12.5. The highest BCUT2D eigenvalue weighted by Crippen LogP contribution is 2.30. The van der Waals surface area contributed by atoms with Crippen molar-refractivity contribution in [3.8, 4) is 17.1 Å². The van der Waals surface area contributed by atoms with Crippen molar-refractivity contribution >= 4 is 17.6 Å². The van der Waals surface area contributed by atoms with E-state index in [0.29, 0.717) is 34.5 Å². The van der Waals surface area contributed by atoms with Gasteiger partial charge in [0.2, 0.25) is 0 Å². The smallest absolute Gasteiger partial charge is 0.357 e. The Kier molecular flexibility index (Phi) is 4.67. The van der Waals surface area contributed by atoms with Gasteiger partial charge in [0.15, 0.2) is 5.69 Å². The number of benzene rings is 2. The number of carbonyl (C=O) groups excluding carboxylic acids is 1. The molecule has 3 aromatic rings. The first-order valence-corrected chi connectivity index (χ1v) is 8.08. The summed E-state index contributed by atoms with van der Waals surface area (Å²) in [6.07, 6.45) is 0. The van der Waals surface area contributed by atoms with Gasteiger partial charge in [-0.3, -0.25) is 4.57 Å². The molecule has 0 saturated carbocycles. The molecule has 0 N–H and O–H groups in total. The zero-order valence-electron chi connectivity index (χ0n) is 13.5. The van der Waals surface area contributed by atoms with Gasteiger partial charge in [0.1, 0.15) is 5.82 Å². The minimum absolute atomic E-state index is 0.298. The van der Waals surface area contributed by atoms with Crippen LogP contribution >= 0.6 is 11.6 Å². The number of ether oxygens (including phenoxy) is 1. The van der Waals surface area contributed by atoms with Gasteiger partial charge >= 0.3 is 5.97 Å². The molecule has 5 heteroatoms. The first kappa shape index (κ1) is 16.3. The lowest BCUT2D eigenvalue weighted by atomic mass is 10.2. The second kappa shape index (κ2) is 6.89. The Morgan fingerprint density at radius 3 is 2.46 bits per heavy atom. The second-order valence-electron chi connectivity index (χ2n) is 5.24. The Balaban J connectivity index is 2.30. The molecule has 0 aliphatic heterocycles. The number of aromatic nitrogens is 2. The largest absolute Gasteiger partial charge is 0.461 e. The Bertz CT molecular complexity index is 872. The molecule has 0 fully saturated rings. The number of imidazole rings is 1. The molecule has 0 bridgehead atoms. The standard InChI is InChI=1S/C19H17ClN2O2/c1-3-24-19(23)17-13(2)21-18(14-9-5-4-6-10-14)22(17)16-12-8-7-11-15(16)20/h4-12H,3H2,1-2H3. The van der Waals surface area contributed by atoms with E-state index in [9.17, 15) is 4.79 Å². The van der Waals surface area contributed by atoms with Crippen molar-refractivity contribution in [1.29, 1.82) is 0 Å². The van der Waals surface area contributed by atoms with Crippen molar-refractivity contribution in [2.24, 2.45) is 0 Å². The third-order valence-electron chi connectivity index (χ3n) is 3.65. The quantitative estimate of drug-likeness (QED) is 0.648. The SMILES string of the molecule is CCOC(=O)c1c(C)nc(-c2ccccc2)n1-c1ccccc1Cl. The molecule has 0 aliphatic rings. The number of hydrogen-bond acceptors (Lipinski definition) is 3. The molecule has 0 atom stereocenters. The van der Waals surface area contributed by atoms with Gasteiger partial charge in [0, 0.05) is 5.56 Å². The van der Waals surface area contributed by atoms with E-state index in [1.54, 1.807) is 24.5 Å². The predicted molar refractivity (Wildman–Crippen MR) is 94.7 cm³/mol. The number of esters is 1. The minimum atomic E-state index is -0.412. The van der Waals surface area contributed by atoms with Crippen LogP contribution in [0.1, 0.15) is 23.1 Å². The number of rotatable bonds is 4. The van der Waals surface area contributed by atoms with Crippen LogP contribution in [0.25, 0.3) is 17.1 Å². The lowest BCUT2D eigenvalue weighted by molar-refractivity contribution is 0.0516. The zero-order valence-corrected chi connectivity index (χ0v) is 14.2. The van der Waals surface area contributed by atoms with Crippen molar-refractivity contribution < 1.29 is 9.53 Å². The van der Waals surface area contributed by atoms with E-state index in [2.05, 4.69) is 4.98 Å². The third kappa shape index (κ3) is 2.93. The van der Waals surface area contributed by atoms with Gasteiger partial charge in [-0.1, -0.05) is 54.1 Å². The maximum Gasteiger partial charge on any atom is 0.357 e. The molecule has 4 nitrogen and oxygen atoms in total. The predicted octanol–water partition coefficient (Wildman–Crippen LogP) is 4.68. The Morgan fingerprint density at radius 2 is 1.79 bits per heavy atom. The van der Waals surface area contributed by atoms with Gasteiger partial charge in [0.05, 0.1) is 23.0 Å². The molecule has 122 valence electrons. The monoisotopic (exact) mass is 340 g/mol. The summed E-state index contributed by atoms with van der Waals surface area (Å²) in [5.41, 5.74) is 2.59. The molecule has 2 aromatic carbocycles. The van der Waals surface area contributed by atoms with Crippen molar-refractivity contribution in [3.05, 3.63) is 71.0 Å². The second-order valence-corrected chi connectivity index (χ2v) is 5.65. The molecule has 1 heterocycles. The first-order valence-electron chi connectivity index (χ1n) is 7.70. The normalized spacial score (nSPS) is 10.6. The average molecular weight is 341 g/mol. The van der Waals surface area contributed by atoms with E-state index in [4.69, 9.17) is 16.3 Å². The average Bonchev–Trinajstić information content (AvgIpc) is 2.93. The van der Waals surface area contributed by atoms with Crippen LogP contribution in [0.5, 0.6) is 0 Å². The molecule has 1 aromatic heterocycles. The molecule has 0 aliphatic carbocycles. The van der Waals surface area contributed by atoms with Crippen LogP contribution in [0, 0.1) is 6.92 Å². The number of halogens is 1. The molecular weight excluding hydrogens is 324 g/mol. The molecular formula is C19H17ClN2O2. The van der Waals surface area contributed by atoms with Crippen molar-refractivity contribution in [1.82, 2.24) is 9.55 Å². The number of carbonyl (C=O) groups is 1. The summed E-state index contributed by atoms with van der Waals surface area (Å²) in [6, 6.07) is 17.1. The topological polar surface area (TPSA) is 44.1 Å². The lowest BCUT2D eigenvalue weighted by Gasteiger charge is -2.13. The number of hydrogen-bond donors (Lipinski definition) is 0. The molecule has 24 heavy (non-hydrogen) atoms. The van der Waals surface area contributed by atoms with Crippen LogP contribution in [0.3, 0.4) is 0 Å². The van der Waals surface area contributed by atoms with Gasteiger partial charge in [-0.05, 0) is 26.0 Å². The molecule has 0 spiro atoms. The van der Waals surface area contributed by atoms with E-state index < -0.39 is 5.97 Å². The van der Waals surface area contributed by atoms with Crippen LogP contribution < -0.4 is 0 Å². The van der Waals surface area contributed by atoms with Crippen LogP contribution in [-0.4, -0.2) is 22.1 Å². The Hall–Kier alpha value is -2.59. The Labute approximate surface area is 145 Å². The van der Waals surface area contributed by atoms with E-state index in [1.165, 1.54) is 0 Å². The molecule has 3 rings (SSSR count). The molecule has 0 unspecified atom stereocenters. The van der Waals surface area contributed by atoms with Gasteiger partial charge in [-0.2, -0.15) is 0 Å². The van der Waals surface area contributed by atoms with Crippen LogP contribution in [0.15, 0.2) is 54.6 Å². The number of aryl methyl sites for hydroxylation is 1. The zero-order chi connectivity index (χ0) is 17.1. The van der Waals surface area contributed by atoms with Crippen molar-refractivity contribution in [3.63, 3.8) is 0 Å². The van der Waals surface area contributed by atoms with E-state index in [0.717, 1.165) is 5.56 Å². The van der Waals surface area contributed by atoms with Gasteiger partial charge < -0.3 is 4.74 Å². The van der Waals surface area contributed by atoms with Gasteiger partial charge in [0.25, 0.3) is 0 Å². The highest BCUT2D eigenvalue weighted by Gasteiger charge is 2.24. The summed E-state index contributed by atoms with van der Waals surface area (Å²) in [6.45, 7) is 3.88. The van der Waals surface area contributed by atoms with Crippen LogP contribution in [-0.2, 0) is 4.74 Å². The third-order valence-corrected chi connectivity index (χ3v) is 3.97. The summed E-state index contributed by atoms with van der Waals surface area (Å²) in [5.74, 6) is 0.244. The van der Waals surface area contributed by atoms with Crippen molar-refractivity contribution in [2.45, 2.75) is 13.8 Å². The molecule has 0 saturated heterocycles. The fourth-order valence-corrected chi connectivity index (χ4v) is 2.84. The summed E-state index contributed by atoms with van der Waals surface area (Å²) < 4.78 is 6.99. The van der Waals surface area contributed by atoms with E-state index in [1.807, 2.05) is 48.5 Å². The van der Waals surface area contributed by atoms with E-state index in [-0.39, 0.29) is 0 Å². The minimum Gasteiger partial charge on any atom is -0.461 e. The van der Waals surface area contributed by atoms with Crippen LogP contribution in [0.4, 0.5) is 0 Å².